The van der Waals surface area contributed by atoms with E-state index in [0.29, 0.717) is 16.4 Å². The van der Waals surface area contributed by atoms with Crippen LogP contribution in [0.5, 0.6) is 0 Å². The van der Waals surface area contributed by atoms with Gasteiger partial charge in [0.05, 0.1) is 21.8 Å². The van der Waals surface area contributed by atoms with E-state index in [1.165, 1.54) is 11.0 Å². The van der Waals surface area contributed by atoms with Crippen molar-refractivity contribution in [3.8, 4) is 5.69 Å². The summed E-state index contributed by atoms with van der Waals surface area (Å²) >= 11 is 6.09. The predicted molar refractivity (Wildman–Crippen MR) is 75.6 cm³/mol. The number of hydrogen-bond donors (Lipinski definition) is 2. The Morgan fingerprint density at radius 2 is 2.25 bits per heavy atom. The molecule has 1 aromatic heterocycles. The molecule has 2 aromatic rings. The molecule has 106 valence electrons. The van der Waals surface area contributed by atoms with Crippen molar-refractivity contribution < 1.29 is 4.79 Å². The van der Waals surface area contributed by atoms with E-state index in [2.05, 4.69) is 20.8 Å². The first-order chi connectivity index (χ1) is 9.44. The van der Waals surface area contributed by atoms with Crippen LogP contribution in [0.3, 0.4) is 0 Å². The van der Waals surface area contributed by atoms with Crippen molar-refractivity contribution in [2.24, 2.45) is 11.1 Å². The molecule has 0 atom stereocenters. The summed E-state index contributed by atoms with van der Waals surface area (Å²) in [5.41, 5.74) is 6.10. The molecule has 1 aromatic carbocycles. The van der Waals surface area contributed by atoms with Crippen molar-refractivity contribution in [3.63, 3.8) is 0 Å². The zero-order valence-electron chi connectivity index (χ0n) is 11.2. The molecule has 3 N–H and O–H groups in total. The zero-order valence-corrected chi connectivity index (χ0v) is 11.9. The van der Waals surface area contributed by atoms with Gasteiger partial charge >= 0.3 is 0 Å². The number of aromatic nitrogens is 4. The van der Waals surface area contributed by atoms with Crippen LogP contribution in [0, 0.1) is 5.41 Å². The molecule has 7 nitrogen and oxygen atoms in total. The van der Waals surface area contributed by atoms with Gasteiger partial charge in [-0.25, -0.2) is 4.68 Å². The Hall–Kier alpha value is -1.99. The fraction of sp³-hybridized carbons (Fsp3) is 0.333. The number of hydrogen-bond acceptors (Lipinski definition) is 5. The molecular weight excluding hydrogens is 280 g/mol. The molecule has 0 spiro atoms. The van der Waals surface area contributed by atoms with Crippen LogP contribution in [0.2, 0.25) is 5.02 Å². The monoisotopic (exact) mass is 294 g/mol. The molecule has 0 radical (unpaired) electrons. The highest BCUT2D eigenvalue weighted by Gasteiger charge is 2.26. The molecule has 0 unspecified atom stereocenters. The van der Waals surface area contributed by atoms with E-state index in [1.807, 2.05) is 0 Å². The summed E-state index contributed by atoms with van der Waals surface area (Å²) in [4.78, 5) is 12.1. The highest BCUT2D eigenvalue weighted by molar-refractivity contribution is 6.33. The van der Waals surface area contributed by atoms with E-state index in [9.17, 15) is 4.79 Å². The number of anilines is 1. The van der Waals surface area contributed by atoms with Gasteiger partial charge in [-0.15, -0.1) is 5.10 Å². The van der Waals surface area contributed by atoms with E-state index >= 15 is 0 Å². The number of carbonyl (C=O) groups excluding carboxylic acids is 1. The molecule has 1 amide bonds. The summed E-state index contributed by atoms with van der Waals surface area (Å²) in [7, 11) is 0. The maximum absolute atomic E-state index is 12.1. The van der Waals surface area contributed by atoms with Crippen molar-refractivity contribution in [3.05, 3.63) is 29.5 Å². The maximum Gasteiger partial charge on any atom is 0.231 e. The minimum absolute atomic E-state index is 0.198. The first kappa shape index (κ1) is 14.4. The summed E-state index contributed by atoms with van der Waals surface area (Å²) in [6.45, 7) is 3.77. The lowest BCUT2D eigenvalue weighted by Gasteiger charge is -2.21. The summed E-state index contributed by atoms with van der Waals surface area (Å²) in [6.07, 6.45) is 1.46. The van der Waals surface area contributed by atoms with E-state index in [0.717, 1.165) is 0 Å². The zero-order chi connectivity index (χ0) is 14.8. The Morgan fingerprint density at radius 3 is 2.85 bits per heavy atom. The second-order valence-corrected chi connectivity index (χ2v) is 5.37. The molecule has 1 heterocycles. The van der Waals surface area contributed by atoms with Gasteiger partial charge in [0.2, 0.25) is 5.91 Å². The minimum atomic E-state index is -0.672. The molecule has 0 saturated carbocycles. The average Bonchev–Trinajstić information content (AvgIpc) is 2.95. The van der Waals surface area contributed by atoms with Gasteiger partial charge in [0.15, 0.2) is 0 Å². The van der Waals surface area contributed by atoms with Crippen molar-refractivity contribution in [2.75, 3.05) is 11.9 Å². The van der Waals surface area contributed by atoms with Gasteiger partial charge in [0.1, 0.15) is 6.33 Å². The van der Waals surface area contributed by atoms with Crippen LogP contribution in [0.1, 0.15) is 13.8 Å². The van der Waals surface area contributed by atoms with Gasteiger partial charge in [-0.05, 0) is 42.5 Å². The van der Waals surface area contributed by atoms with Crippen LogP contribution >= 0.6 is 11.6 Å². The van der Waals surface area contributed by atoms with Crippen LogP contribution in [-0.2, 0) is 4.79 Å². The van der Waals surface area contributed by atoms with Gasteiger partial charge in [-0.1, -0.05) is 11.6 Å². The highest BCUT2D eigenvalue weighted by atomic mass is 35.5. The van der Waals surface area contributed by atoms with Gasteiger partial charge in [0, 0.05) is 6.54 Å². The Morgan fingerprint density at radius 1 is 1.50 bits per heavy atom. The number of nitrogens with two attached hydrogens (primary N) is 1. The van der Waals surface area contributed by atoms with E-state index in [4.69, 9.17) is 17.3 Å². The predicted octanol–water partition coefficient (Wildman–Crippen LogP) is 1.24. The third-order valence-electron chi connectivity index (χ3n) is 2.94. The molecule has 2 rings (SSSR count). The van der Waals surface area contributed by atoms with E-state index < -0.39 is 5.41 Å². The first-order valence-electron chi connectivity index (χ1n) is 5.98. The van der Waals surface area contributed by atoms with E-state index in [1.54, 1.807) is 32.0 Å². The second kappa shape index (κ2) is 5.56. The number of carbonyl (C=O) groups is 1. The quantitative estimate of drug-likeness (QED) is 0.884. The van der Waals surface area contributed by atoms with Gasteiger partial charge in [0.25, 0.3) is 0 Å². The first-order valence-corrected chi connectivity index (χ1v) is 6.36. The Bertz CT molecular complexity index is 610. The largest absolute Gasteiger partial charge is 0.329 e. The summed E-state index contributed by atoms with van der Waals surface area (Å²) in [6, 6.07) is 5.12. The van der Waals surface area contributed by atoms with Crippen LogP contribution in [0.4, 0.5) is 5.69 Å². The molecule has 0 bridgehead atoms. The number of benzene rings is 1. The highest BCUT2D eigenvalue weighted by Crippen LogP contribution is 2.26. The third kappa shape index (κ3) is 2.94. The van der Waals surface area contributed by atoms with Crippen molar-refractivity contribution in [2.45, 2.75) is 13.8 Å². The van der Waals surface area contributed by atoms with Gasteiger partial charge in [-0.2, -0.15) is 0 Å². The Balaban J connectivity index is 2.28. The Labute approximate surface area is 121 Å². The normalized spacial score (nSPS) is 11.4. The number of rotatable bonds is 4. The fourth-order valence-corrected chi connectivity index (χ4v) is 1.58. The molecule has 0 saturated heterocycles. The lowest BCUT2D eigenvalue weighted by molar-refractivity contribution is -0.123. The number of halogens is 1. The number of tetrazole rings is 1. The summed E-state index contributed by atoms with van der Waals surface area (Å²) < 4.78 is 1.47. The fourth-order valence-electron chi connectivity index (χ4n) is 1.42. The van der Waals surface area contributed by atoms with Gasteiger partial charge in [-0.3, -0.25) is 4.79 Å². The maximum atomic E-state index is 12.1. The van der Waals surface area contributed by atoms with Crippen molar-refractivity contribution >= 4 is 23.2 Å². The van der Waals surface area contributed by atoms with Crippen LogP contribution < -0.4 is 11.1 Å². The van der Waals surface area contributed by atoms with E-state index in [-0.39, 0.29) is 12.5 Å². The van der Waals surface area contributed by atoms with Crippen molar-refractivity contribution in [1.29, 1.82) is 0 Å². The number of amides is 1. The Kier molecular flexibility index (Phi) is 4.01. The minimum Gasteiger partial charge on any atom is -0.329 e. The standard InChI is InChI=1S/C12H15ClN6O/c1-12(2,6-14)11(20)16-10-5-8(3-4-9(10)13)19-7-15-17-18-19/h3-5,7H,6,14H2,1-2H3,(H,16,20). The lowest BCUT2D eigenvalue weighted by Crippen LogP contribution is -2.37. The average molecular weight is 295 g/mol. The van der Waals surface area contributed by atoms with Crippen LogP contribution in [-0.4, -0.2) is 32.7 Å². The number of nitrogens with one attached hydrogen (secondary N) is 1. The third-order valence-corrected chi connectivity index (χ3v) is 3.27. The molecule has 20 heavy (non-hydrogen) atoms. The van der Waals surface area contributed by atoms with Crippen molar-refractivity contribution in [1.82, 2.24) is 20.2 Å². The smallest absolute Gasteiger partial charge is 0.231 e. The SMILES string of the molecule is CC(C)(CN)C(=O)Nc1cc(-n2cnnn2)ccc1Cl. The molecule has 0 fully saturated rings. The van der Waals surface area contributed by atoms with Gasteiger partial charge < -0.3 is 11.1 Å². The second-order valence-electron chi connectivity index (χ2n) is 4.96. The topological polar surface area (TPSA) is 98.7 Å². The molecule has 0 aliphatic heterocycles. The molecule has 0 aliphatic rings. The molecular formula is C12H15ClN6O. The summed E-state index contributed by atoms with van der Waals surface area (Å²) in [5.74, 6) is -0.198. The lowest BCUT2D eigenvalue weighted by atomic mass is 9.92. The van der Waals surface area contributed by atoms with Crippen LogP contribution in [0.15, 0.2) is 24.5 Å². The van der Waals surface area contributed by atoms with Crippen LogP contribution in [0.25, 0.3) is 5.69 Å². The molecule has 8 heteroatoms. The number of nitrogens with zero attached hydrogens (tertiary/aromatic N) is 4. The molecule has 0 aliphatic carbocycles. The summed E-state index contributed by atoms with van der Waals surface area (Å²) in [5, 5.41) is 14.1.